The summed E-state index contributed by atoms with van der Waals surface area (Å²) < 4.78 is 0. The lowest BCUT2D eigenvalue weighted by molar-refractivity contribution is -0.125. The molecule has 0 aromatic heterocycles. The van der Waals surface area contributed by atoms with Gasteiger partial charge in [-0.3, -0.25) is 9.59 Å². The Morgan fingerprint density at radius 1 is 1.33 bits per heavy atom. The van der Waals surface area contributed by atoms with E-state index in [0.29, 0.717) is 18.9 Å². The van der Waals surface area contributed by atoms with Crippen LogP contribution in [0.1, 0.15) is 29.6 Å². The highest BCUT2D eigenvalue weighted by atomic mass is 16.2. The number of benzene rings is 1. The first-order valence-electron chi connectivity index (χ1n) is 7.54. The van der Waals surface area contributed by atoms with Crippen LogP contribution in [0.5, 0.6) is 0 Å². The third kappa shape index (κ3) is 2.73. The second-order valence-electron chi connectivity index (χ2n) is 5.81. The van der Waals surface area contributed by atoms with Crippen LogP contribution in [-0.4, -0.2) is 42.9 Å². The van der Waals surface area contributed by atoms with Gasteiger partial charge in [-0.2, -0.15) is 0 Å². The maximum absolute atomic E-state index is 12.7. The van der Waals surface area contributed by atoms with Gasteiger partial charge in [0.25, 0.3) is 5.91 Å². The molecule has 112 valence electrons. The molecule has 1 aromatic rings. The smallest absolute Gasteiger partial charge is 0.255 e. The Bertz CT molecular complexity index is 558. The number of para-hydroxylation sites is 1. The minimum atomic E-state index is 0.0790. The van der Waals surface area contributed by atoms with Crippen molar-refractivity contribution in [2.75, 3.05) is 25.5 Å². The Morgan fingerprint density at radius 2 is 2.14 bits per heavy atom. The maximum atomic E-state index is 12.7. The fourth-order valence-corrected chi connectivity index (χ4v) is 3.35. The third-order valence-electron chi connectivity index (χ3n) is 4.54. The molecule has 0 aliphatic carbocycles. The Balaban J connectivity index is 1.73. The Kier molecular flexibility index (Phi) is 3.82. The topological polar surface area (TPSA) is 61.4 Å². The lowest BCUT2D eigenvalue weighted by atomic mass is 9.85. The molecule has 2 heterocycles. The second kappa shape index (κ2) is 5.76. The highest BCUT2D eigenvalue weighted by molar-refractivity contribution is 5.99. The Morgan fingerprint density at radius 3 is 2.95 bits per heavy atom. The van der Waals surface area contributed by atoms with Crippen molar-refractivity contribution in [3.63, 3.8) is 0 Å². The van der Waals surface area contributed by atoms with E-state index in [-0.39, 0.29) is 17.9 Å². The van der Waals surface area contributed by atoms with E-state index in [1.54, 1.807) is 0 Å². The van der Waals surface area contributed by atoms with Crippen LogP contribution in [0.3, 0.4) is 0 Å². The van der Waals surface area contributed by atoms with E-state index in [2.05, 4.69) is 10.6 Å². The molecule has 2 saturated heterocycles. The highest BCUT2D eigenvalue weighted by Crippen LogP contribution is 2.27. The fourth-order valence-electron chi connectivity index (χ4n) is 3.35. The number of nitrogens with zero attached hydrogens (tertiary/aromatic N) is 1. The van der Waals surface area contributed by atoms with Crippen LogP contribution >= 0.6 is 0 Å². The fraction of sp³-hybridized carbons (Fsp3) is 0.500. The van der Waals surface area contributed by atoms with Crippen LogP contribution in [0.15, 0.2) is 24.3 Å². The molecule has 2 N–H and O–H groups in total. The molecule has 2 unspecified atom stereocenters. The van der Waals surface area contributed by atoms with Crippen LogP contribution in [0.4, 0.5) is 5.69 Å². The number of carbonyl (C=O) groups is 2. The summed E-state index contributed by atoms with van der Waals surface area (Å²) >= 11 is 0. The summed E-state index contributed by atoms with van der Waals surface area (Å²) in [5.74, 6) is 0.619. The molecule has 3 rings (SSSR count). The van der Waals surface area contributed by atoms with Crippen molar-refractivity contribution in [1.29, 1.82) is 0 Å². The molecule has 2 aliphatic rings. The molecule has 2 atom stereocenters. The lowest BCUT2D eigenvalue weighted by Crippen LogP contribution is -2.55. The zero-order chi connectivity index (χ0) is 14.8. The molecule has 1 aromatic carbocycles. The molecular weight excluding hydrogens is 266 g/mol. The van der Waals surface area contributed by atoms with Crippen molar-refractivity contribution in [3.05, 3.63) is 29.8 Å². The largest absolute Gasteiger partial charge is 0.387 e. The third-order valence-corrected chi connectivity index (χ3v) is 4.54. The number of piperidine rings is 2. The number of hydrogen-bond acceptors (Lipinski definition) is 3. The van der Waals surface area contributed by atoms with E-state index < -0.39 is 0 Å². The van der Waals surface area contributed by atoms with E-state index >= 15 is 0 Å². The zero-order valence-corrected chi connectivity index (χ0v) is 12.3. The summed E-state index contributed by atoms with van der Waals surface area (Å²) in [4.78, 5) is 26.1. The molecule has 5 nitrogen and oxygen atoms in total. The van der Waals surface area contributed by atoms with Gasteiger partial charge in [0.05, 0.1) is 5.56 Å². The van der Waals surface area contributed by atoms with Gasteiger partial charge >= 0.3 is 0 Å². The monoisotopic (exact) mass is 287 g/mol. The minimum Gasteiger partial charge on any atom is -0.387 e. The lowest BCUT2D eigenvalue weighted by Gasteiger charge is -2.41. The molecular formula is C16H21N3O2. The minimum absolute atomic E-state index is 0.0790. The van der Waals surface area contributed by atoms with Crippen LogP contribution in [0, 0.1) is 5.92 Å². The van der Waals surface area contributed by atoms with Gasteiger partial charge < -0.3 is 15.5 Å². The average molecular weight is 287 g/mol. The van der Waals surface area contributed by atoms with Gasteiger partial charge in [0.15, 0.2) is 0 Å². The number of carbonyl (C=O) groups excluding carboxylic acids is 2. The van der Waals surface area contributed by atoms with Crippen LogP contribution < -0.4 is 10.6 Å². The van der Waals surface area contributed by atoms with Gasteiger partial charge in [0.2, 0.25) is 5.91 Å². The SMILES string of the molecule is CNc1ccccc1C(=O)N1CCC2NC(=O)CCC2C1. The van der Waals surface area contributed by atoms with Crippen LogP contribution in [-0.2, 0) is 4.79 Å². The van der Waals surface area contributed by atoms with E-state index in [4.69, 9.17) is 0 Å². The molecule has 0 bridgehead atoms. The standard InChI is InChI=1S/C16H21N3O2/c1-17-14-5-3-2-4-12(14)16(21)19-9-8-13-11(10-19)6-7-15(20)18-13/h2-5,11,13,17H,6-10H2,1H3,(H,18,20). The number of amides is 2. The van der Waals surface area contributed by atoms with Gasteiger partial charge in [0.1, 0.15) is 0 Å². The van der Waals surface area contributed by atoms with Crippen molar-refractivity contribution >= 4 is 17.5 Å². The van der Waals surface area contributed by atoms with E-state index in [0.717, 1.165) is 30.6 Å². The van der Waals surface area contributed by atoms with Crippen molar-refractivity contribution in [2.45, 2.75) is 25.3 Å². The van der Waals surface area contributed by atoms with Crippen molar-refractivity contribution in [2.24, 2.45) is 5.92 Å². The predicted molar refractivity (Wildman–Crippen MR) is 81.2 cm³/mol. The molecule has 0 radical (unpaired) electrons. The van der Waals surface area contributed by atoms with Gasteiger partial charge in [-0.15, -0.1) is 0 Å². The normalized spacial score (nSPS) is 25.0. The quantitative estimate of drug-likeness (QED) is 0.866. The summed E-state index contributed by atoms with van der Waals surface area (Å²) in [7, 11) is 1.83. The summed E-state index contributed by atoms with van der Waals surface area (Å²) in [6.45, 7) is 1.44. The van der Waals surface area contributed by atoms with Gasteiger partial charge in [-0.1, -0.05) is 12.1 Å². The molecule has 5 heteroatoms. The van der Waals surface area contributed by atoms with Gasteiger partial charge in [-0.05, 0) is 30.9 Å². The second-order valence-corrected chi connectivity index (χ2v) is 5.81. The predicted octanol–water partition coefficient (Wildman–Crippen LogP) is 1.47. The maximum Gasteiger partial charge on any atom is 0.255 e. The molecule has 0 saturated carbocycles. The van der Waals surface area contributed by atoms with E-state index in [1.807, 2.05) is 36.2 Å². The van der Waals surface area contributed by atoms with Crippen LogP contribution in [0.25, 0.3) is 0 Å². The van der Waals surface area contributed by atoms with Crippen molar-refractivity contribution < 1.29 is 9.59 Å². The Labute approximate surface area is 124 Å². The summed E-state index contributed by atoms with van der Waals surface area (Å²) in [5.41, 5.74) is 1.58. The number of likely N-dealkylation sites (tertiary alicyclic amines) is 1. The molecule has 0 spiro atoms. The number of anilines is 1. The van der Waals surface area contributed by atoms with Crippen LogP contribution in [0.2, 0.25) is 0 Å². The van der Waals surface area contributed by atoms with Gasteiger partial charge in [-0.25, -0.2) is 0 Å². The van der Waals surface area contributed by atoms with E-state index in [1.165, 1.54) is 0 Å². The summed E-state index contributed by atoms with van der Waals surface area (Å²) in [6.07, 6.45) is 2.31. The van der Waals surface area contributed by atoms with E-state index in [9.17, 15) is 9.59 Å². The van der Waals surface area contributed by atoms with Crippen molar-refractivity contribution in [3.8, 4) is 0 Å². The summed E-state index contributed by atoms with van der Waals surface area (Å²) in [5, 5.41) is 6.12. The Hall–Kier alpha value is -2.04. The summed E-state index contributed by atoms with van der Waals surface area (Å²) in [6, 6.07) is 7.84. The first kappa shape index (κ1) is 13.9. The molecule has 2 fully saturated rings. The molecule has 2 aliphatic heterocycles. The number of rotatable bonds is 2. The number of fused-ring (bicyclic) bond motifs is 1. The molecule has 21 heavy (non-hydrogen) atoms. The number of nitrogens with one attached hydrogen (secondary N) is 2. The highest BCUT2D eigenvalue weighted by Gasteiger charge is 2.35. The average Bonchev–Trinajstić information content (AvgIpc) is 2.53. The van der Waals surface area contributed by atoms with Gasteiger partial charge in [0, 0.05) is 38.3 Å². The zero-order valence-electron chi connectivity index (χ0n) is 12.3. The molecule has 2 amide bonds. The number of hydrogen-bond donors (Lipinski definition) is 2. The first-order chi connectivity index (χ1) is 10.2. The first-order valence-corrected chi connectivity index (χ1v) is 7.54. The van der Waals surface area contributed by atoms with Crippen molar-refractivity contribution in [1.82, 2.24) is 10.2 Å².